The van der Waals surface area contributed by atoms with Crippen molar-refractivity contribution in [2.24, 2.45) is 0 Å². The number of carbonyl (C=O) groups is 1. The van der Waals surface area contributed by atoms with Gasteiger partial charge in [0, 0.05) is 17.6 Å². The average molecular weight is 311 g/mol. The van der Waals surface area contributed by atoms with Gasteiger partial charge in [0.25, 0.3) is 5.91 Å². The molecule has 118 valence electrons. The first-order valence-corrected chi connectivity index (χ1v) is 7.42. The van der Waals surface area contributed by atoms with Crippen LogP contribution in [-0.4, -0.2) is 22.2 Å². The molecular formula is C17H17N3O3. The molecule has 0 bridgehead atoms. The number of aromatic nitrogens is 2. The molecule has 0 aliphatic carbocycles. The Kier molecular flexibility index (Phi) is 4.23. The van der Waals surface area contributed by atoms with Crippen molar-refractivity contribution in [1.29, 1.82) is 0 Å². The van der Waals surface area contributed by atoms with Crippen molar-refractivity contribution in [2.75, 3.05) is 5.32 Å². The van der Waals surface area contributed by atoms with Crippen LogP contribution in [0.25, 0.3) is 10.9 Å². The first-order valence-electron chi connectivity index (χ1n) is 7.42. The minimum Gasteiger partial charge on any atom is -0.478 e. The summed E-state index contributed by atoms with van der Waals surface area (Å²) >= 11 is 0. The van der Waals surface area contributed by atoms with Gasteiger partial charge >= 0.3 is 0 Å². The molecule has 6 heteroatoms. The van der Waals surface area contributed by atoms with Crippen LogP contribution in [0.15, 0.2) is 47.1 Å². The molecule has 3 aromatic rings. The first-order chi connectivity index (χ1) is 11.2. The smallest absolute Gasteiger partial charge is 0.266 e. The van der Waals surface area contributed by atoms with Crippen molar-refractivity contribution < 1.29 is 14.1 Å². The molecule has 2 heterocycles. The zero-order valence-corrected chi connectivity index (χ0v) is 12.9. The third-order valence-electron chi connectivity index (χ3n) is 3.41. The second-order valence-electron chi connectivity index (χ2n) is 5.16. The lowest BCUT2D eigenvalue weighted by Gasteiger charge is -2.17. The number of amides is 1. The summed E-state index contributed by atoms with van der Waals surface area (Å²) in [5.41, 5.74) is 0.735. The number of ether oxygens (including phenoxy) is 1. The predicted octanol–water partition coefficient (Wildman–Crippen LogP) is 3.33. The third-order valence-corrected chi connectivity index (χ3v) is 3.41. The zero-order chi connectivity index (χ0) is 16.2. The van der Waals surface area contributed by atoms with Gasteiger partial charge in [-0.25, -0.2) is 0 Å². The summed E-state index contributed by atoms with van der Waals surface area (Å²) in [6.45, 7) is 3.65. The second-order valence-corrected chi connectivity index (χ2v) is 5.16. The number of anilines is 1. The highest BCUT2D eigenvalue weighted by molar-refractivity contribution is 5.94. The molecule has 0 spiro atoms. The minimum atomic E-state index is -0.639. The van der Waals surface area contributed by atoms with E-state index in [2.05, 4.69) is 15.5 Å². The van der Waals surface area contributed by atoms with E-state index in [1.54, 1.807) is 19.2 Å². The molecule has 2 aromatic heterocycles. The fourth-order valence-corrected chi connectivity index (χ4v) is 2.28. The van der Waals surface area contributed by atoms with Gasteiger partial charge in [-0.15, -0.1) is 0 Å². The van der Waals surface area contributed by atoms with Crippen LogP contribution in [0.1, 0.15) is 19.1 Å². The summed E-state index contributed by atoms with van der Waals surface area (Å²) in [7, 11) is 0. The SMILES string of the molecule is CC[C@@H](Oc1cccc2cccnc12)C(=O)Nc1cc(C)on1. The maximum atomic E-state index is 12.4. The Hall–Kier alpha value is -2.89. The van der Waals surface area contributed by atoms with Gasteiger partial charge in [-0.2, -0.15) is 0 Å². The van der Waals surface area contributed by atoms with Crippen LogP contribution in [0.5, 0.6) is 5.75 Å². The summed E-state index contributed by atoms with van der Waals surface area (Å²) in [4.78, 5) is 16.7. The number of carbonyl (C=O) groups excluding carboxylic acids is 1. The van der Waals surface area contributed by atoms with E-state index in [-0.39, 0.29) is 5.91 Å². The molecule has 6 nitrogen and oxygen atoms in total. The standard InChI is InChI=1S/C17H17N3O3/c1-3-13(17(21)19-15-10-11(2)23-20-15)22-14-8-4-6-12-7-5-9-18-16(12)14/h4-10,13H,3H2,1-2H3,(H,19,20,21)/t13-/m1/s1. The Morgan fingerprint density at radius 3 is 2.91 bits per heavy atom. The van der Waals surface area contributed by atoms with Crippen LogP contribution >= 0.6 is 0 Å². The summed E-state index contributed by atoms with van der Waals surface area (Å²) in [5.74, 6) is 1.33. The van der Waals surface area contributed by atoms with Crippen LogP contribution < -0.4 is 10.1 Å². The van der Waals surface area contributed by atoms with E-state index < -0.39 is 6.10 Å². The predicted molar refractivity (Wildman–Crippen MR) is 86.3 cm³/mol. The Morgan fingerprint density at radius 1 is 1.35 bits per heavy atom. The van der Waals surface area contributed by atoms with Gasteiger partial charge in [0.15, 0.2) is 11.9 Å². The van der Waals surface area contributed by atoms with E-state index in [9.17, 15) is 4.79 Å². The Bertz CT molecular complexity index is 823. The van der Waals surface area contributed by atoms with Crippen molar-refractivity contribution in [3.05, 3.63) is 48.4 Å². The third kappa shape index (κ3) is 3.31. The van der Waals surface area contributed by atoms with E-state index in [0.29, 0.717) is 23.7 Å². The quantitative estimate of drug-likeness (QED) is 0.782. The molecule has 23 heavy (non-hydrogen) atoms. The summed E-state index contributed by atoms with van der Waals surface area (Å²) < 4.78 is 10.8. The molecule has 1 atom stereocenters. The number of rotatable bonds is 5. The number of hydrogen-bond donors (Lipinski definition) is 1. The van der Waals surface area contributed by atoms with Crippen molar-refractivity contribution in [1.82, 2.24) is 10.1 Å². The second kappa shape index (κ2) is 6.48. The normalized spacial score (nSPS) is 12.1. The lowest BCUT2D eigenvalue weighted by atomic mass is 10.2. The van der Waals surface area contributed by atoms with E-state index >= 15 is 0 Å². The highest BCUT2D eigenvalue weighted by Crippen LogP contribution is 2.24. The van der Waals surface area contributed by atoms with Crippen molar-refractivity contribution >= 4 is 22.6 Å². The number of fused-ring (bicyclic) bond motifs is 1. The van der Waals surface area contributed by atoms with Crippen molar-refractivity contribution in [3.8, 4) is 5.75 Å². The largest absolute Gasteiger partial charge is 0.478 e. The molecule has 0 aliphatic rings. The molecule has 1 N–H and O–H groups in total. The maximum absolute atomic E-state index is 12.4. The number of aryl methyl sites for hydroxylation is 1. The lowest BCUT2D eigenvalue weighted by molar-refractivity contribution is -0.122. The molecule has 0 aliphatic heterocycles. The highest BCUT2D eigenvalue weighted by atomic mass is 16.5. The van der Waals surface area contributed by atoms with Gasteiger partial charge < -0.3 is 14.6 Å². The molecule has 3 rings (SSSR count). The Morgan fingerprint density at radius 2 is 2.17 bits per heavy atom. The number of pyridine rings is 1. The monoisotopic (exact) mass is 311 g/mol. The number of nitrogens with zero attached hydrogens (tertiary/aromatic N) is 2. The molecule has 0 radical (unpaired) electrons. The fourth-order valence-electron chi connectivity index (χ4n) is 2.28. The molecule has 0 saturated carbocycles. The molecule has 1 aromatic carbocycles. The van der Waals surface area contributed by atoms with Crippen LogP contribution in [0.2, 0.25) is 0 Å². The zero-order valence-electron chi connectivity index (χ0n) is 12.9. The summed E-state index contributed by atoms with van der Waals surface area (Å²) in [5, 5.41) is 7.41. The van der Waals surface area contributed by atoms with Crippen molar-refractivity contribution in [2.45, 2.75) is 26.4 Å². The van der Waals surface area contributed by atoms with Crippen molar-refractivity contribution in [3.63, 3.8) is 0 Å². The fraction of sp³-hybridized carbons (Fsp3) is 0.235. The van der Waals surface area contributed by atoms with Crippen LogP contribution in [0.3, 0.4) is 0 Å². The Balaban J connectivity index is 1.79. The number of benzene rings is 1. The molecule has 0 unspecified atom stereocenters. The molecular weight excluding hydrogens is 294 g/mol. The van der Waals surface area contributed by atoms with Crippen LogP contribution in [0, 0.1) is 6.92 Å². The van der Waals surface area contributed by atoms with Gasteiger partial charge in [0.05, 0.1) is 0 Å². The van der Waals surface area contributed by atoms with Gasteiger partial charge in [-0.1, -0.05) is 30.3 Å². The molecule has 1 amide bonds. The Labute approximate surface area is 133 Å². The van der Waals surface area contributed by atoms with E-state index in [4.69, 9.17) is 9.26 Å². The van der Waals surface area contributed by atoms with Gasteiger partial charge in [-0.3, -0.25) is 9.78 Å². The van der Waals surface area contributed by atoms with E-state index in [1.165, 1.54) is 0 Å². The lowest BCUT2D eigenvalue weighted by Crippen LogP contribution is -2.32. The summed E-state index contributed by atoms with van der Waals surface area (Å²) in [6.07, 6.45) is 1.58. The summed E-state index contributed by atoms with van der Waals surface area (Å²) in [6, 6.07) is 11.1. The van der Waals surface area contributed by atoms with Crippen LogP contribution in [0.4, 0.5) is 5.82 Å². The van der Waals surface area contributed by atoms with Gasteiger partial charge in [0.1, 0.15) is 17.0 Å². The maximum Gasteiger partial charge on any atom is 0.266 e. The average Bonchev–Trinajstić information content (AvgIpc) is 2.97. The first kappa shape index (κ1) is 15.0. The number of para-hydroxylation sites is 1. The topological polar surface area (TPSA) is 77.2 Å². The number of nitrogens with one attached hydrogen (secondary N) is 1. The number of hydrogen-bond acceptors (Lipinski definition) is 5. The van der Waals surface area contributed by atoms with Gasteiger partial charge in [-0.05, 0) is 25.5 Å². The highest BCUT2D eigenvalue weighted by Gasteiger charge is 2.20. The van der Waals surface area contributed by atoms with Crippen LogP contribution in [-0.2, 0) is 4.79 Å². The van der Waals surface area contributed by atoms with E-state index in [0.717, 1.165) is 10.9 Å². The van der Waals surface area contributed by atoms with E-state index in [1.807, 2.05) is 37.3 Å². The van der Waals surface area contributed by atoms with Gasteiger partial charge in [0.2, 0.25) is 0 Å². The minimum absolute atomic E-state index is 0.270. The molecule has 0 saturated heterocycles. The molecule has 0 fully saturated rings.